The van der Waals surface area contributed by atoms with Crippen molar-refractivity contribution in [3.8, 4) is 5.75 Å². The van der Waals surface area contributed by atoms with E-state index >= 15 is 0 Å². The zero-order valence-electron chi connectivity index (χ0n) is 18.1. The molecule has 0 aromatic heterocycles. The molecular weight excluding hydrogens is 344 g/mol. The second-order valence-corrected chi connectivity index (χ2v) is 8.58. The van der Waals surface area contributed by atoms with Gasteiger partial charge in [0.25, 0.3) is 0 Å². The Morgan fingerprint density at radius 3 is 2.15 bits per heavy atom. The number of aliphatic hydroxyl groups excluding tert-OH is 1. The number of carbonyl (C=O) groups is 1. The van der Waals surface area contributed by atoms with E-state index in [9.17, 15) is 9.90 Å². The summed E-state index contributed by atoms with van der Waals surface area (Å²) < 4.78 is 15.9. The molecule has 1 rings (SSSR count). The summed E-state index contributed by atoms with van der Waals surface area (Å²) in [5.41, 5.74) is 2.25. The van der Waals surface area contributed by atoms with Crippen LogP contribution in [-0.4, -0.2) is 37.7 Å². The van der Waals surface area contributed by atoms with E-state index in [-0.39, 0.29) is 11.4 Å². The highest BCUT2D eigenvalue weighted by Crippen LogP contribution is 2.39. The molecule has 1 aromatic rings. The Hall–Kier alpha value is -1.59. The highest BCUT2D eigenvalue weighted by Gasteiger charge is 2.37. The maximum Gasteiger partial charge on any atom is 0.311 e. The molecular formula is C22H36O5. The third kappa shape index (κ3) is 6.82. The summed E-state index contributed by atoms with van der Waals surface area (Å²) in [6, 6.07) is 4.15. The molecule has 0 radical (unpaired) electrons. The van der Waals surface area contributed by atoms with E-state index < -0.39 is 11.7 Å². The molecule has 0 aliphatic rings. The Labute approximate surface area is 164 Å². The molecule has 154 valence electrons. The lowest BCUT2D eigenvalue weighted by atomic mass is 9.71. The van der Waals surface area contributed by atoms with Crippen LogP contribution in [0.1, 0.15) is 64.2 Å². The van der Waals surface area contributed by atoms with Crippen molar-refractivity contribution in [2.45, 2.75) is 73.0 Å². The fraction of sp³-hybridized carbons (Fsp3) is 0.682. The predicted molar refractivity (Wildman–Crippen MR) is 107 cm³/mol. The smallest absolute Gasteiger partial charge is 0.311 e. The van der Waals surface area contributed by atoms with Crippen molar-refractivity contribution < 1.29 is 24.1 Å². The Kier molecular flexibility index (Phi) is 8.30. The van der Waals surface area contributed by atoms with E-state index in [1.165, 1.54) is 0 Å². The van der Waals surface area contributed by atoms with Gasteiger partial charge in [-0.15, -0.1) is 0 Å². The Balaban J connectivity index is 2.94. The van der Waals surface area contributed by atoms with E-state index in [4.69, 9.17) is 14.2 Å². The van der Waals surface area contributed by atoms with Gasteiger partial charge in [0.2, 0.25) is 0 Å². The molecule has 0 amide bonds. The minimum atomic E-state index is -0.854. The van der Waals surface area contributed by atoms with E-state index in [1.54, 1.807) is 14.0 Å². The number of rotatable bonds is 10. The molecule has 0 aliphatic heterocycles. The van der Waals surface area contributed by atoms with Crippen LogP contribution in [0.5, 0.6) is 5.75 Å². The molecule has 0 fully saturated rings. The first-order valence-corrected chi connectivity index (χ1v) is 9.53. The molecule has 0 saturated carbocycles. The highest BCUT2D eigenvalue weighted by atomic mass is 16.6. The number of esters is 1. The number of hydrogen-bond donors (Lipinski definition) is 1. The van der Waals surface area contributed by atoms with Crippen LogP contribution in [0.15, 0.2) is 12.1 Å². The molecule has 5 heteroatoms. The lowest BCUT2D eigenvalue weighted by Crippen LogP contribution is -2.34. The van der Waals surface area contributed by atoms with Crippen LogP contribution < -0.4 is 4.74 Å². The van der Waals surface area contributed by atoms with Gasteiger partial charge in [0.05, 0.1) is 12.0 Å². The van der Waals surface area contributed by atoms with Gasteiger partial charge < -0.3 is 19.3 Å². The van der Waals surface area contributed by atoms with Gasteiger partial charge in [0, 0.05) is 20.1 Å². The summed E-state index contributed by atoms with van der Waals surface area (Å²) in [7, 11) is 1.63. The van der Waals surface area contributed by atoms with Gasteiger partial charge in [-0.2, -0.15) is 0 Å². The van der Waals surface area contributed by atoms with Gasteiger partial charge in [-0.25, -0.2) is 0 Å². The van der Waals surface area contributed by atoms with Crippen molar-refractivity contribution in [3.05, 3.63) is 28.8 Å². The standard InChI is InChI=1S/C22H36O5/c1-15-12-18(13-16(2)19(15)27-17(3)23)21(4,5)14-22(6,7)20(24)26-11-9-10-25-8/h12-13,17,23H,9-11,14H2,1-8H3. The number of hydrogen-bond acceptors (Lipinski definition) is 5. The third-order valence-electron chi connectivity index (χ3n) is 4.69. The average Bonchev–Trinajstić information content (AvgIpc) is 2.53. The van der Waals surface area contributed by atoms with Gasteiger partial charge in [-0.3, -0.25) is 4.79 Å². The summed E-state index contributed by atoms with van der Waals surface area (Å²) in [6.45, 7) is 14.6. The SMILES string of the molecule is COCCCOC(=O)C(C)(C)CC(C)(C)c1cc(C)c(OC(C)O)c(C)c1. The molecule has 1 unspecified atom stereocenters. The lowest BCUT2D eigenvalue weighted by Gasteiger charge is -2.34. The fourth-order valence-electron chi connectivity index (χ4n) is 3.54. The van der Waals surface area contributed by atoms with Crippen LogP contribution >= 0.6 is 0 Å². The topological polar surface area (TPSA) is 65.0 Å². The maximum absolute atomic E-state index is 12.5. The fourth-order valence-corrected chi connectivity index (χ4v) is 3.54. The number of carbonyl (C=O) groups excluding carboxylic acids is 1. The number of methoxy groups -OCH3 is 1. The van der Waals surface area contributed by atoms with Gasteiger partial charge in [-0.1, -0.05) is 26.0 Å². The van der Waals surface area contributed by atoms with Crippen LogP contribution in [0.3, 0.4) is 0 Å². The first kappa shape index (κ1) is 23.4. The van der Waals surface area contributed by atoms with Gasteiger partial charge in [0.1, 0.15) is 5.75 Å². The molecule has 1 atom stereocenters. The van der Waals surface area contributed by atoms with E-state index in [1.807, 2.05) is 27.7 Å². The molecule has 1 aromatic carbocycles. The predicted octanol–water partition coefficient (Wildman–Crippen LogP) is 4.29. The van der Waals surface area contributed by atoms with Crippen LogP contribution in [0, 0.1) is 19.3 Å². The second kappa shape index (κ2) is 9.56. The van der Waals surface area contributed by atoms with Crippen LogP contribution in [0.25, 0.3) is 0 Å². The highest BCUT2D eigenvalue weighted by molar-refractivity contribution is 5.76. The summed E-state index contributed by atoms with van der Waals surface area (Å²) in [5.74, 6) is 0.524. The molecule has 0 aliphatic carbocycles. The number of ether oxygens (including phenoxy) is 3. The van der Waals surface area contributed by atoms with E-state index in [0.29, 0.717) is 31.8 Å². The van der Waals surface area contributed by atoms with Crippen LogP contribution in [0.4, 0.5) is 0 Å². The van der Waals surface area contributed by atoms with Crippen molar-refractivity contribution >= 4 is 5.97 Å². The third-order valence-corrected chi connectivity index (χ3v) is 4.69. The van der Waals surface area contributed by atoms with Gasteiger partial charge in [0.15, 0.2) is 6.29 Å². The summed E-state index contributed by atoms with van der Waals surface area (Å²) in [5, 5.41) is 9.52. The maximum atomic E-state index is 12.5. The number of aryl methyl sites for hydroxylation is 2. The van der Waals surface area contributed by atoms with E-state index in [2.05, 4.69) is 26.0 Å². The first-order valence-electron chi connectivity index (χ1n) is 9.53. The summed E-state index contributed by atoms with van der Waals surface area (Å²) in [6.07, 6.45) is 0.497. The van der Waals surface area contributed by atoms with Crippen LogP contribution in [-0.2, 0) is 19.7 Å². The van der Waals surface area contributed by atoms with Crippen molar-refractivity contribution in [1.29, 1.82) is 0 Å². The van der Waals surface area contributed by atoms with Crippen molar-refractivity contribution in [2.75, 3.05) is 20.3 Å². The summed E-state index contributed by atoms with van der Waals surface area (Å²) >= 11 is 0. The Morgan fingerprint density at radius 1 is 1.11 bits per heavy atom. The zero-order chi connectivity index (χ0) is 20.8. The average molecular weight is 381 g/mol. The Morgan fingerprint density at radius 2 is 1.67 bits per heavy atom. The molecule has 0 spiro atoms. The second-order valence-electron chi connectivity index (χ2n) is 8.58. The summed E-state index contributed by atoms with van der Waals surface area (Å²) in [4.78, 5) is 12.5. The van der Waals surface area contributed by atoms with Crippen molar-refractivity contribution in [3.63, 3.8) is 0 Å². The van der Waals surface area contributed by atoms with Crippen molar-refractivity contribution in [2.24, 2.45) is 5.41 Å². The molecule has 27 heavy (non-hydrogen) atoms. The lowest BCUT2D eigenvalue weighted by molar-refractivity contribution is -0.155. The molecule has 5 nitrogen and oxygen atoms in total. The molecule has 0 saturated heterocycles. The largest absolute Gasteiger partial charge is 0.465 e. The van der Waals surface area contributed by atoms with E-state index in [0.717, 1.165) is 16.7 Å². The van der Waals surface area contributed by atoms with Gasteiger partial charge in [-0.05, 0) is 63.1 Å². The monoisotopic (exact) mass is 380 g/mol. The molecule has 0 bridgehead atoms. The normalized spacial score (nSPS) is 13.4. The number of benzene rings is 1. The Bertz CT molecular complexity index is 609. The van der Waals surface area contributed by atoms with Gasteiger partial charge >= 0.3 is 5.97 Å². The molecule has 1 N–H and O–H groups in total. The minimum absolute atomic E-state index is 0.186. The zero-order valence-corrected chi connectivity index (χ0v) is 18.1. The number of aliphatic hydroxyl groups is 1. The minimum Gasteiger partial charge on any atom is -0.465 e. The molecule has 0 heterocycles. The van der Waals surface area contributed by atoms with Crippen molar-refractivity contribution in [1.82, 2.24) is 0 Å². The first-order chi connectivity index (χ1) is 12.4. The van der Waals surface area contributed by atoms with Crippen LogP contribution in [0.2, 0.25) is 0 Å². The quantitative estimate of drug-likeness (QED) is 0.373.